The predicted octanol–water partition coefficient (Wildman–Crippen LogP) is 1.44. The lowest BCUT2D eigenvalue weighted by molar-refractivity contribution is -0.121. The number of thiophene rings is 1. The summed E-state index contributed by atoms with van der Waals surface area (Å²) in [5.74, 6) is 0.0528. The minimum absolute atomic E-state index is 0.0528. The Labute approximate surface area is 88.1 Å². The monoisotopic (exact) mass is 213 g/mol. The van der Waals surface area contributed by atoms with Gasteiger partial charge in [-0.25, -0.2) is 0 Å². The van der Waals surface area contributed by atoms with Crippen molar-refractivity contribution in [2.24, 2.45) is 0 Å². The molecule has 0 aliphatic rings. The average Bonchev–Trinajstić information content (AvgIpc) is 2.56. The first kappa shape index (κ1) is 11.2. The summed E-state index contributed by atoms with van der Waals surface area (Å²) in [7, 11) is 1.63. The maximum absolute atomic E-state index is 11.4. The molecule has 0 saturated heterocycles. The molecule has 0 fully saturated rings. The zero-order valence-electron chi connectivity index (χ0n) is 8.45. The summed E-state index contributed by atoms with van der Waals surface area (Å²) < 4.78 is 4.93. The van der Waals surface area contributed by atoms with Crippen LogP contribution in [-0.4, -0.2) is 25.7 Å². The standard InChI is InChI=1S/C10H15NO2S/c1-8(7-13-2)11-10(12)6-9-4-3-5-14-9/h3-5,8H,6-7H2,1-2H3,(H,11,12)/t8-/m0/s1. The number of hydrogen-bond donors (Lipinski definition) is 1. The van der Waals surface area contributed by atoms with Crippen molar-refractivity contribution in [3.63, 3.8) is 0 Å². The summed E-state index contributed by atoms with van der Waals surface area (Å²) in [5.41, 5.74) is 0. The van der Waals surface area contributed by atoms with Crippen molar-refractivity contribution < 1.29 is 9.53 Å². The highest BCUT2D eigenvalue weighted by Gasteiger charge is 2.07. The van der Waals surface area contributed by atoms with Gasteiger partial charge in [-0.2, -0.15) is 0 Å². The van der Waals surface area contributed by atoms with Crippen LogP contribution in [0.1, 0.15) is 11.8 Å². The van der Waals surface area contributed by atoms with Gasteiger partial charge >= 0.3 is 0 Å². The maximum atomic E-state index is 11.4. The molecule has 4 heteroatoms. The molecule has 1 atom stereocenters. The van der Waals surface area contributed by atoms with Gasteiger partial charge in [0.2, 0.25) is 5.91 Å². The average molecular weight is 213 g/mol. The second-order valence-electron chi connectivity index (χ2n) is 3.18. The van der Waals surface area contributed by atoms with Crippen LogP contribution in [0, 0.1) is 0 Å². The second kappa shape index (κ2) is 5.78. The van der Waals surface area contributed by atoms with Crippen LogP contribution in [0.4, 0.5) is 0 Å². The number of ether oxygens (including phenoxy) is 1. The topological polar surface area (TPSA) is 38.3 Å². The van der Waals surface area contributed by atoms with E-state index in [1.807, 2.05) is 24.4 Å². The molecule has 1 rings (SSSR count). The summed E-state index contributed by atoms with van der Waals surface area (Å²) in [5, 5.41) is 4.84. The third-order valence-corrected chi connectivity index (χ3v) is 2.62. The number of nitrogens with one attached hydrogen (secondary N) is 1. The molecule has 1 aromatic heterocycles. The molecule has 0 aromatic carbocycles. The Balaban J connectivity index is 2.29. The van der Waals surface area contributed by atoms with Crippen molar-refractivity contribution >= 4 is 17.2 Å². The Hall–Kier alpha value is -0.870. The van der Waals surface area contributed by atoms with E-state index in [0.717, 1.165) is 4.88 Å². The van der Waals surface area contributed by atoms with E-state index in [2.05, 4.69) is 5.32 Å². The molecule has 1 amide bonds. The summed E-state index contributed by atoms with van der Waals surface area (Å²) in [6.07, 6.45) is 0.464. The molecule has 0 aliphatic heterocycles. The van der Waals surface area contributed by atoms with Gasteiger partial charge in [0.1, 0.15) is 0 Å². The Morgan fingerprint density at radius 2 is 2.50 bits per heavy atom. The molecule has 0 bridgehead atoms. The van der Waals surface area contributed by atoms with Crippen molar-refractivity contribution in [2.45, 2.75) is 19.4 Å². The Kier molecular flexibility index (Phi) is 4.62. The van der Waals surface area contributed by atoms with Crippen LogP contribution in [0.2, 0.25) is 0 Å². The summed E-state index contributed by atoms with van der Waals surface area (Å²) in [6, 6.07) is 3.99. The van der Waals surface area contributed by atoms with Crippen molar-refractivity contribution in [3.8, 4) is 0 Å². The van der Waals surface area contributed by atoms with Crippen LogP contribution in [-0.2, 0) is 16.0 Å². The molecular formula is C10H15NO2S. The maximum Gasteiger partial charge on any atom is 0.225 e. The largest absolute Gasteiger partial charge is 0.383 e. The van der Waals surface area contributed by atoms with E-state index in [9.17, 15) is 4.79 Å². The molecule has 0 radical (unpaired) electrons. The minimum Gasteiger partial charge on any atom is -0.383 e. The molecule has 0 saturated carbocycles. The van der Waals surface area contributed by atoms with E-state index in [-0.39, 0.29) is 11.9 Å². The lowest BCUT2D eigenvalue weighted by atomic mass is 10.3. The van der Waals surface area contributed by atoms with Crippen molar-refractivity contribution in [1.29, 1.82) is 0 Å². The van der Waals surface area contributed by atoms with Gasteiger partial charge < -0.3 is 10.1 Å². The van der Waals surface area contributed by atoms with Crippen molar-refractivity contribution in [1.82, 2.24) is 5.32 Å². The van der Waals surface area contributed by atoms with Gasteiger partial charge in [0.15, 0.2) is 0 Å². The van der Waals surface area contributed by atoms with Crippen LogP contribution < -0.4 is 5.32 Å². The molecule has 1 N–H and O–H groups in total. The smallest absolute Gasteiger partial charge is 0.225 e. The third kappa shape index (κ3) is 3.89. The number of amides is 1. The first-order valence-electron chi connectivity index (χ1n) is 4.53. The fraction of sp³-hybridized carbons (Fsp3) is 0.500. The number of methoxy groups -OCH3 is 1. The third-order valence-electron chi connectivity index (χ3n) is 1.74. The summed E-state index contributed by atoms with van der Waals surface area (Å²) in [6.45, 7) is 2.48. The molecule has 3 nitrogen and oxygen atoms in total. The zero-order chi connectivity index (χ0) is 10.4. The van der Waals surface area contributed by atoms with Crippen molar-refractivity contribution in [3.05, 3.63) is 22.4 Å². The number of carbonyl (C=O) groups excluding carboxylic acids is 1. The van der Waals surface area contributed by atoms with Crippen LogP contribution in [0.25, 0.3) is 0 Å². The van der Waals surface area contributed by atoms with Crippen LogP contribution in [0.5, 0.6) is 0 Å². The summed E-state index contributed by atoms with van der Waals surface area (Å²) >= 11 is 1.60. The molecular weight excluding hydrogens is 198 g/mol. The molecule has 0 spiro atoms. The van der Waals surface area contributed by atoms with Gasteiger partial charge in [-0.1, -0.05) is 6.07 Å². The quantitative estimate of drug-likeness (QED) is 0.803. The second-order valence-corrected chi connectivity index (χ2v) is 4.21. The van der Waals surface area contributed by atoms with Gasteiger partial charge in [0, 0.05) is 18.0 Å². The Morgan fingerprint density at radius 3 is 3.07 bits per heavy atom. The first-order valence-corrected chi connectivity index (χ1v) is 5.41. The minimum atomic E-state index is 0.0528. The van der Waals surface area contributed by atoms with Gasteiger partial charge in [-0.15, -0.1) is 11.3 Å². The van der Waals surface area contributed by atoms with Gasteiger partial charge in [-0.3, -0.25) is 4.79 Å². The van der Waals surface area contributed by atoms with Crippen LogP contribution in [0.3, 0.4) is 0 Å². The fourth-order valence-electron chi connectivity index (χ4n) is 1.19. The molecule has 14 heavy (non-hydrogen) atoms. The molecule has 78 valence electrons. The predicted molar refractivity (Wildman–Crippen MR) is 57.5 cm³/mol. The molecule has 1 aromatic rings. The highest BCUT2D eigenvalue weighted by Crippen LogP contribution is 2.08. The van der Waals surface area contributed by atoms with E-state index in [4.69, 9.17) is 4.74 Å². The Morgan fingerprint density at radius 1 is 1.71 bits per heavy atom. The summed E-state index contributed by atoms with van der Waals surface area (Å²) in [4.78, 5) is 12.5. The van der Waals surface area contributed by atoms with Crippen LogP contribution in [0.15, 0.2) is 17.5 Å². The SMILES string of the molecule is COC[C@H](C)NC(=O)Cc1cccs1. The van der Waals surface area contributed by atoms with E-state index in [1.165, 1.54) is 0 Å². The first-order chi connectivity index (χ1) is 6.72. The highest BCUT2D eigenvalue weighted by molar-refractivity contribution is 7.10. The number of hydrogen-bond acceptors (Lipinski definition) is 3. The normalized spacial score (nSPS) is 12.4. The van der Waals surface area contributed by atoms with Gasteiger partial charge in [-0.05, 0) is 18.4 Å². The van der Waals surface area contributed by atoms with Crippen LogP contribution >= 0.6 is 11.3 Å². The van der Waals surface area contributed by atoms with Crippen molar-refractivity contribution in [2.75, 3.05) is 13.7 Å². The van der Waals surface area contributed by atoms with Gasteiger partial charge in [0.25, 0.3) is 0 Å². The fourth-order valence-corrected chi connectivity index (χ4v) is 1.89. The lowest BCUT2D eigenvalue weighted by Crippen LogP contribution is -2.36. The van der Waals surface area contributed by atoms with E-state index in [0.29, 0.717) is 13.0 Å². The zero-order valence-corrected chi connectivity index (χ0v) is 9.26. The number of carbonyl (C=O) groups is 1. The highest BCUT2D eigenvalue weighted by atomic mass is 32.1. The number of rotatable bonds is 5. The van der Waals surface area contributed by atoms with E-state index < -0.39 is 0 Å². The molecule has 1 heterocycles. The van der Waals surface area contributed by atoms with E-state index in [1.54, 1.807) is 18.4 Å². The molecule has 0 aliphatic carbocycles. The van der Waals surface area contributed by atoms with E-state index >= 15 is 0 Å². The van der Waals surface area contributed by atoms with Gasteiger partial charge in [0.05, 0.1) is 13.0 Å². The Bertz CT molecular complexity index is 272. The molecule has 0 unspecified atom stereocenters. The lowest BCUT2D eigenvalue weighted by Gasteiger charge is -2.11.